The molecule has 0 saturated heterocycles. The molecule has 0 unspecified atom stereocenters. The van der Waals surface area contributed by atoms with Crippen molar-refractivity contribution in [3.63, 3.8) is 0 Å². The van der Waals surface area contributed by atoms with E-state index in [1.165, 1.54) is 25.3 Å². The maximum Gasteiger partial charge on any atom is 0.119 e. The fraction of sp³-hybridized carbons (Fsp3) is 0.600. The van der Waals surface area contributed by atoms with Gasteiger partial charge in [0, 0.05) is 18.2 Å². The van der Waals surface area contributed by atoms with Gasteiger partial charge in [-0.2, -0.15) is 0 Å². The highest BCUT2D eigenvalue weighted by Gasteiger charge is 2.23. The summed E-state index contributed by atoms with van der Waals surface area (Å²) in [7, 11) is 2.12. The summed E-state index contributed by atoms with van der Waals surface area (Å²) in [6, 6.07) is 0.678. The molecule has 1 aliphatic carbocycles. The second kappa shape index (κ2) is 6.65. The van der Waals surface area contributed by atoms with Gasteiger partial charge in [0.1, 0.15) is 5.76 Å². The molecule has 0 aliphatic heterocycles. The van der Waals surface area contributed by atoms with E-state index in [2.05, 4.69) is 32.0 Å². The molecule has 0 bridgehead atoms. The van der Waals surface area contributed by atoms with Gasteiger partial charge in [-0.1, -0.05) is 32.9 Å². The van der Waals surface area contributed by atoms with Crippen LogP contribution >= 0.6 is 0 Å². The standard InChI is InChI=1S/C15H25NO/c1-5-8-12(3)14(15(17)6-2)11-16(4)13-9-7-10-13/h6,13,17H,2-3,5,7-11H2,1,4H3/b15-14-. The van der Waals surface area contributed by atoms with E-state index < -0.39 is 0 Å². The Labute approximate surface area is 105 Å². The molecule has 0 spiro atoms. The third kappa shape index (κ3) is 3.74. The predicted molar refractivity (Wildman–Crippen MR) is 74.2 cm³/mol. The number of likely N-dealkylation sites (N-methyl/N-ethyl adjacent to an activating group) is 1. The molecule has 1 rings (SSSR count). The van der Waals surface area contributed by atoms with Crippen LogP contribution in [0.25, 0.3) is 0 Å². The molecule has 0 heterocycles. The Hall–Kier alpha value is -1.02. The van der Waals surface area contributed by atoms with Gasteiger partial charge >= 0.3 is 0 Å². The van der Waals surface area contributed by atoms with Gasteiger partial charge in [-0.25, -0.2) is 0 Å². The largest absolute Gasteiger partial charge is 0.508 e. The zero-order valence-corrected chi connectivity index (χ0v) is 11.2. The Bertz CT molecular complexity index is 313. The van der Waals surface area contributed by atoms with E-state index in [9.17, 15) is 5.11 Å². The summed E-state index contributed by atoms with van der Waals surface area (Å²) in [5.74, 6) is 0.287. The van der Waals surface area contributed by atoms with Gasteiger partial charge in [0.05, 0.1) is 0 Å². The van der Waals surface area contributed by atoms with Crippen molar-refractivity contribution in [3.05, 3.63) is 36.1 Å². The van der Waals surface area contributed by atoms with Gasteiger partial charge in [0.25, 0.3) is 0 Å². The Morgan fingerprint density at radius 1 is 1.47 bits per heavy atom. The van der Waals surface area contributed by atoms with Crippen molar-refractivity contribution in [2.45, 2.75) is 45.1 Å². The fourth-order valence-electron chi connectivity index (χ4n) is 2.16. The second-order valence-corrected chi connectivity index (χ2v) is 4.92. The van der Waals surface area contributed by atoms with E-state index in [1.807, 2.05) is 0 Å². The number of hydrogen-bond donors (Lipinski definition) is 1. The van der Waals surface area contributed by atoms with Crippen LogP contribution in [0.1, 0.15) is 39.0 Å². The minimum absolute atomic E-state index is 0.287. The topological polar surface area (TPSA) is 23.5 Å². The van der Waals surface area contributed by atoms with Crippen LogP contribution in [0.2, 0.25) is 0 Å². The monoisotopic (exact) mass is 235 g/mol. The van der Waals surface area contributed by atoms with E-state index in [-0.39, 0.29) is 5.76 Å². The molecule has 96 valence electrons. The van der Waals surface area contributed by atoms with Crippen LogP contribution in [0.5, 0.6) is 0 Å². The normalized spacial score (nSPS) is 17.6. The van der Waals surface area contributed by atoms with Crippen molar-refractivity contribution >= 4 is 0 Å². The van der Waals surface area contributed by atoms with Crippen LogP contribution in [0.15, 0.2) is 36.1 Å². The number of aliphatic hydroxyl groups excluding tert-OH is 1. The van der Waals surface area contributed by atoms with Crippen LogP contribution in [0.3, 0.4) is 0 Å². The van der Waals surface area contributed by atoms with Crippen molar-refractivity contribution in [3.8, 4) is 0 Å². The van der Waals surface area contributed by atoms with Crippen molar-refractivity contribution in [2.75, 3.05) is 13.6 Å². The Morgan fingerprint density at radius 2 is 2.12 bits per heavy atom. The lowest BCUT2D eigenvalue weighted by Crippen LogP contribution is -2.38. The molecule has 2 nitrogen and oxygen atoms in total. The first-order valence-electron chi connectivity index (χ1n) is 6.53. The average molecular weight is 235 g/mol. The zero-order valence-electron chi connectivity index (χ0n) is 11.2. The second-order valence-electron chi connectivity index (χ2n) is 4.92. The van der Waals surface area contributed by atoms with E-state index in [0.717, 1.165) is 30.5 Å². The maximum atomic E-state index is 9.91. The number of hydrogen-bond acceptors (Lipinski definition) is 2. The lowest BCUT2D eigenvalue weighted by molar-refractivity contribution is 0.171. The van der Waals surface area contributed by atoms with Crippen LogP contribution < -0.4 is 0 Å². The lowest BCUT2D eigenvalue weighted by Gasteiger charge is -2.35. The molecule has 17 heavy (non-hydrogen) atoms. The molecule has 1 N–H and O–H groups in total. The van der Waals surface area contributed by atoms with E-state index >= 15 is 0 Å². The highest BCUT2D eigenvalue weighted by Crippen LogP contribution is 2.26. The Morgan fingerprint density at radius 3 is 2.53 bits per heavy atom. The van der Waals surface area contributed by atoms with Gasteiger partial charge < -0.3 is 5.11 Å². The molecular weight excluding hydrogens is 210 g/mol. The summed E-state index contributed by atoms with van der Waals surface area (Å²) in [5.41, 5.74) is 1.99. The Balaban J connectivity index is 2.69. The van der Waals surface area contributed by atoms with Gasteiger partial charge in [0.2, 0.25) is 0 Å². The SMILES string of the molecule is C=C/C(O)=C(\CN(C)C1CCC1)C(=C)CCC. The van der Waals surface area contributed by atoms with E-state index in [0.29, 0.717) is 6.04 Å². The van der Waals surface area contributed by atoms with Crippen LogP contribution in [0.4, 0.5) is 0 Å². The average Bonchev–Trinajstić information content (AvgIpc) is 2.22. The van der Waals surface area contributed by atoms with E-state index in [4.69, 9.17) is 0 Å². The molecule has 0 aromatic heterocycles. The molecular formula is C15H25NO. The lowest BCUT2D eigenvalue weighted by atomic mass is 9.91. The summed E-state index contributed by atoms with van der Waals surface area (Å²) in [5, 5.41) is 9.91. The first-order chi connectivity index (χ1) is 8.10. The first-order valence-corrected chi connectivity index (χ1v) is 6.53. The molecule has 1 fully saturated rings. The number of aliphatic hydroxyl groups is 1. The summed E-state index contributed by atoms with van der Waals surface area (Å²) in [6.45, 7) is 10.6. The minimum Gasteiger partial charge on any atom is -0.508 e. The van der Waals surface area contributed by atoms with Gasteiger partial charge in [0.15, 0.2) is 0 Å². The molecule has 0 radical (unpaired) electrons. The third-order valence-corrected chi connectivity index (χ3v) is 3.59. The van der Waals surface area contributed by atoms with Crippen LogP contribution in [-0.4, -0.2) is 29.6 Å². The molecule has 0 aromatic rings. The summed E-state index contributed by atoms with van der Waals surface area (Å²) in [4.78, 5) is 2.32. The summed E-state index contributed by atoms with van der Waals surface area (Å²) < 4.78 is 0. The zero-order chi connectivity index (χ0) is 12.8. The third-order valence-electron chi connectivity index (χ3n) is 3.59. The minimum atomic E-state index is 0.287. The number of rotatable bonds is 7. The molecule has 1 aliphatic rings. The molecule has 0 atom stereocenters. The van der Waals surface area contributed by atoms with Gasteiger partial charge in [-0.15, -0.1) is 0 Å². The van der Waals surface area contributed by atoms with E-state index in [1.54, 1.807) is 0 Å². The molecule has 1 saturated carbocycles. The quantitative estimate of drug-likeness (QED) is 0.535. The van der Waals surface area contributed by atoms with Crippen LogP contribution in [0, 0.1) is 0 Å². The van der Waals surface area contributed by atoms with Gasteiger partial charge in [-0.3, -0.25) is 4.90 Å². The van der Waals surface area contributed by atoms with Crippen molar-refractivity contribution in [1.82, 2.24) is 4.90 Å². The first kappa shape index (κ1) is 14.0. The van der Waals surface area contributed by atoms with Crippen molar-refractivity contribution in [1.29, 1.82) is 0 Å². The van der Waals surface area contributed by atoms with Crippen molar-refractivity contribution in [2.24, 2.45) is 0 Å². The Kier molecular flexibility index (Phi) is 5.49. The van der Waals surface area contributed by atoms with Crippen molar-refractivity contribution < 1.29 is 5.11 Å². The molecule has 0 amide bonds. The highest BCUT2D eigenvalue weighted by atomic mass is 16.3. The fourth-order valence-corrected chi connectivity index (χ4v) is 2.16. The smallest absolute Gasteiger partial charge is 0.119 e. The predicted octanol–water partition coefficient (Wildman–Crippen LogP) is 3.83. The highest BCUT2D eigenvalue weighted by molar-refractivity contribution is 5.35. The number of allylic oxidation sites excluding steroid dienone is 1. The molecule has 2 heteroatoms. The maximum absolute atomic E-state index is 9.91. The van der Waals surface area contributed by atoms with Crippen LogP contribution in [-0.2, 0) is 0 Å². The summed E-state index contributed by atoms with van der Waals surface area (Å²) in [6.07, 6.45) is 7.39. The van der Waals surface area contributed by atoms with Gasteiger partial charge in [-0.05, 0) is 38.0 Å². The molecule has 0 aromatic carbocycles. The summed E-state index contributed by atoms with van der Waals surface area (Å²) >= 11 is 0. The number of nitrogens with zero attached hydrogens (tertiary/aromatic N) is 1.